The molecule has 32 heavy (non-hydrogen) atoms. The van der Waals surface area contributed by atoms with Crippen LogP contribution in [0.1, 0.15) is 38.3 Å². The topological polar surface area (TPSA) is 214 Å². The van der Waals surface area contributed by atoms with Crippen molar-refractivity contribution < 1.29 is 29.1 Å². The largest absolute Gasteiger partial charge is 0.480 e. The Morgan fingerprint density at radius 3 is 2.62 bits per heavy atom. The van der Waals surface area contributed by atoms with Gasteiger partial charge < -0.3 is 37.1 Å². The number of carboxylic acid groups (broad SMARTS) is 1. The lowest BCUT2D eigenvalue weighted by Gasteiger charge is -2.29. The second-order valence-corrected chi connectivity index (χ2v) is 7.71. The molecular formula is C19H29N7O6. The van der Waals surface area contributed by atoms with Crippen LogP contribution in [0.25, 0.3) is 0 Å². The number of carboxylic acids is 1. The first kappa shape index (κ1) is 24.8. The summed E-state index contributed by atoms with van der Waals surface area (Å²) in [6.07, 6.45) is 3.78. The molecule has 1 aliphatic heterocycles. The maximum absolute atomic E-state index is 13.2. The normalized spacial score (nSPS) is 18.4. The van der Waals surface area contributed by atoms with Gasteiger partial charge in [-0.15, -0.1) is 0 Å². The quantitative estimate of drug-likeness (QED) is 0.213. The molecule has 1 aliphatic rings. The van der Waals surface area contributed by atoms with Crippen molar-refractivity contribution in [1.82, 2.24) is 25.5 Å². The van der Waals surface area contributed by atoms with Gasteiger partial charge in [0, 0.05) is 31.3 Å². The molecular weight excluding hydrogens is 422 g/mol. The zero-order valence-electron chi connectivity index (χ0n) is 17.7. The third kappa shape index (κ3) is 6.77. The molecule has 0 spiro atoms. The van der Waals surface area contributed by atoms with E-state index in [1.807, 2.05) is 0 Å². The monoisotopic (exact) mass is 451 g/mol. The van der Waals surface area contributed by atoms with Crippen molar-refractivity contribution in [2.24, 2.45) is 11.5 Å². The number of rotatable bonds is 11. The number of H-pyrrole nitrogens is 1. The average molecular weight is 451 g/mol. The van der Waals surface area contributed by atoms with E-state index in [1.54, 1.807) is 0 Å². The highest BCUT2D eigenvalue weighted by Crippen LogP contribution is 2.20. The highest BCUT2D eigenvalue weighted by atomic mass is 16.4. The lowest BCUT2D eigenvalue weighted by molar-refractivity contribution is -0.144. The number of nitrogens with two attached hydrogens (primary N) is 2. The van der Waals surface area contributed by atoms with Gasteiger partial charge in [0.05, 0.1) is 12.4 Å². The number of nitrogens with zero attached hydrogens (tertiary/aromatic N) is 2. The first-order chi connectivity index (χ1) is 15.1. The van der Waals surface area contributed by atoms with E-state index in [-0.39, 0.29) is 25.8 Å². The van der Waals surface area contributed by atoms with Gasteiger partial charge in [-0.25, -0.2) is 4.98 Å². The lowest BCUT2D eigenvalue weighted by Crippen LogP contribution is -2.56. The molecule has 1 saturated heterocycles. The van der Waals surface area contributed by atoms with Crippen LogP contribution in [0.2, 0.25) is 0 Å². The van der Waals surface area contributed by atoms with Gasteiger partial charge in [-0.2, -0.15) is 0 Å². The van der Waals surface area contributed by atoms with Crippen molar-refractivity contribution in [3.8, 4) is 0 Å². The number of imidazole rings is 1. The molecule has 13 nitrogen and oxygen atoms in total. The minimum atomic E-state index is -1.20. The lowest BCUT2D eigenvalue weighted by atomic mass is 10.1. The highest BCUT2D eigenvalue weighted by molar-refractivity contribution is 5.94. The molecule has 0 aliphatic carbocycles. The van der Waals surface area contributed by atoms with E-state index in [1.165, 1.54) is 24.3 Å². The summed E-state index contributed by atoms with van der Waals surface area (Å²) in [5.41, 5.74) is 11.8. The standard InChI is InChI=1S/C19H29N7O6/c1-10(19(31)32)24-17(29)14-3-2-6-26(14)18(30)13(4-5-15(21)27)25-16(28)12(20)7-11-8-22-9-23-11/h8-10,12-14H,2-7,20H2,1H3,(H2,21,27)(H,22,23)(H,24,29)(H,25,28)(H,31,32). The summed E-state index contributed by atoms with van der Waals surface area (Å²) in [5.74, 6) is -3.62. The molecule has 4 amide bonds. The fraction of sp³-hybridized carbons (Fsp3) is 0.579. The molecule has 4 unspecified atom stereocenters. The fourth-order valence-electron chi connectivity index (χ4n) is 3.42. The van der Waals surface area contributed by atoms with Crippen molar-refractivity contribution in [2.75, 3.05) is 6.54 Å². The smallest absolute Gasteiger partial charge is 0.325 e. The Morgan fingerprint density at radius 1 is 1.31 bits per heavy atom. The number of carbonyl (C=O) groups is 5. The Hall–Kier alpha value is -3.48. The number of hydrogen-bond acceptors (Lipinski definition) is 7. The van der Waals surface area contributed by atoms with Crippen molar-refractivity contribution in [1.29, 1.82) is 0 Å². The van der Waals surface area contributed by atoms with Crippen molar-refractivity contribution in [3.05, 3.63) is 18.2 Å². The molecule has 13 heteroatoms. The second kappa shape index (κ2) is 11.2. The van der Waals surface area contributed by atoms with Gasteiger partial charge in [0.2, 0.25) is 23.6 Å². The number of likely N-dealkylation sites (tertiary alicyclic amines) is 1. The van der Waals surface area contributed by atoms with Gasteiger partial charge in [-0.1, -0.05) is 0 Å². The molecule has 0 aromatic carbocycles. The van der Waals surface area contributed by atoms with Crippen LogP contribution in [-0.4, -0.2) is 80.3 Å². The molecule has 1 aromatic heterocycles. The summed E-state index contributed by atoms with van der Waals surface area (Å²) < 4.78 is 0. The minimum absolute atomic E-state index is 0.0624. The zero-order chi connectivity index (χ0) is 23.8. The van der Waals surface area contributed by atoms with Crippen molar-refractivity contribution in [2.45, 2.75) is 63.2 Å². The molecule has 176 valence electrons. The number of aromatic nitrogens is 2. The number of carbonyl (C=O) groups excluding carboxylic acids is 4. The van der Waals surface area contributed by atoms with Gasteiger partial charge in [0.25, 0.3) is 0 Å². The molecule has 8 N–H and O–H groups in total. The third-order valence-corrected chi connectivity index (χ3v) is 5.19. The van der Waals surface area contributed by atoms with Crippen molar-refractivity contribution in [3.63, 3.8) is 0 Å². The number of hydrogen-bond donors (Lipinski definition) is 6. The summed E-state index contributed by atoms with van der Waals surface area (Å²) in [6, 6.07) is -4.09. The van der Waals surface area contributed by atoms with Gasteiger partial charge in [0.15, 0.2) is 0 Å². The van der Waals surface area contributed by atoms with Gasteiger partial charge in [-0.05, 0) is 26.2 Å². The van der Waals surface area contributed by atoms with Crippen LogP contribution in [0, 0.1) is 0 Å². The summed E-state index contributed by atoms with van der Waals surface area (Å²) in [5, 5.41) is 13.9. The Bertz CT molecular complexity index is 843. The number of amides is 4. The molecule has 0 saturated carbocycles. The second-order valence-electron chi connectivity index (χ2n) is 7.71. The average Bonchev–Trinajstić information content (AvgIpc) is 3.41. The van der Waals surface area contributed by atoms with E-state index in [2.05, 4.69) is 20.6 Å². The molecule has 4 atom stereocenters. The van der Waals surface area contributed by atoms with Crippen molar-refractivity contribution >= 4 is 29.6 Å². The van der Waals surface area contributed by atoms with E-state index in [4.69, 9.17) is 16.6 Å². The summed E-state index contributed by atoms with van der Waals surface area (Å²) in [7, 11) is 0. The highest BCUT2D eigenvalue weighted by Gasteiger charge is 2.38. The maximum Gasteiger partial charge on any atom is 0.325 e. The van der Waals surface area contributed by atoms with Gasteiger partial charge in [0.1, 0.15) is 18.1 Å². The maximum atomic E-state index is 13.2. The molecule has 2 rings (SSSR count). The van der Waals surface area contributed by atoms with Gasteiger partial charge in [-0.3, -0.25) is 24.0 Å². The summed E-state index contributed by atoms with van der Waals surface area (Å²) in [6.45, 7) is 1.57. The van der Waals surface area contributed by atoms with Crippen LogP contribution in [0.5, 0.6) is 0 Å². The molecule has 1 aromatic rings. The molecule has 0 bridgehead atoms. The van der Waals surface area contributed by atoms with Crippen LogP contribution in [0.4, 0.5) is 0 Å². The van der Waals surface area contributed by atoms with E-state index in [0.717, 1.165) is 0 Å². The van der Waals surface area contributed by atoms with Crippen LogP contribution in [0.3, 0.4) is 0 Å². The fourth-order valence-corrected chi connectivity index (χ4v) is 3.42. The number of nitrogens with one attached hydrogen (secondary N) is 3. The van der Waals surface area contributed by atoms with E-state index >= 15 is 0 Å². The van der Waals surface area contributed by atoms with Gasteiger partial charge >= 0.3 is 5.97 Å². The zero-order valence-corrected chi connectivity index (χ0v) is 17.7. The SMILES string of the molecule is CC(NC(=O)C1CCCN1C(=O)C(CCC(N)=O)NC(=O)C(N)Cc1cnc[nH]1)C(=O)O. The van der Waals surface area contributed by atoms with Crippen LogP contribution in [-0.2, 0) is 30.4 Å². The first-order valence-corrected chi connectivity index (χ1v) is 10.2. The predicted molar refractivity (Wildman–Crippen MR) is 111 cm³/mol. The van der Waals surface area contributed by atoms with E-state index in [9.17, 15) is 24.0 Å². The molecule has 1 fully saturated rings. The molecule has 2 heterocycles. The Kier molecular flexibility index (Phi) is 8.70. The van der Waals surface area contributed by atoms with Crippen LogP contribution < -0.4 is 22.1 Å². The number of aliphatic carboxylic acids is 1. The molecule has 0 radical (unpaired) electrons. The van der Waals surface area contributed by atoms with E-state index in [0.29, 0.717) is 18.5 Å². The number of aromatic amines is 1. The van der Waals surface area contributed by atoms with Crippen LogP contribution in [0.15, 0.2) is 12.5 Å². The van der Waals surface area contributed by atoms with E-state index < -0.39 is 53.8 Å². The number of primary amides is 1. The third-order valence-electron chi connectivity index (χ3n) is 5.19. The first-order valence-electron chi connectivity index (χ1n) is 10.2. The minimum Gasteiger partial charge on any atom is -0.480 e. The Balaban J connectivity index is 2.09. The predicted octanol–water partition coefficient (Wildman–Crippen LogP) is -2.39. The summed E-state index contributed by atoms with van der Waals surface area (Å²) >= 11 is 0. The summed E-state index contributed by atoms with van der Waals surface area (Å²) in [4.78, 5) is 68.5. The Morgan fingerprint density at radius 2 is 2.03 bits per heavy atom. The van der Waals surface area contributed by atoms with Crippen LogP contribution >= 0.6 is 0 Å². The Labute approximate surface area is 184 Å².